The van der Waals surface area contributed by atoms with Crippen LogP contribution in [0, 0.1) is 6.92 Å². The Hall–Kier alpha value is -2.54. The van der Waals surface area contributed by atoms with E-state index in [-0.39, 0.29) is 0 Å². The Morgan fingerprint density at radius 3 is 2.28 bits per heavy atom. The van der Waals surface area contributed by atoms with Crippen molar-refractivity contribution in [3.8, 4) is 17.2 Å². The van der Waals surface area contributed by atoms with Crippen LogP contribution in [0.5, 0.6) is 17.2 Å². The fourth-order valence-electron chi connectivity index (χ4n) is 3.00. The van der Waals surface area contributed by atoms with E-state index < -0.39 is 0 Å². The highest BCUT2D eigenvalue weighted by molar-refractivity contribution is 5.77. The van der Waals surface area contributed by atoms with E-state index in [4.69, 9.17) is 18.6 Å². The second-order valence-corrected chi connectivity index (χ2v) is 5.84. The molecule has 0 radical (unpaired) electrons. The number of hydrogen-bond acceptors (Lipinski definition) is 7. The van der Waals surface area contributed by atoms with E-state index in [0.717, 1.165) is 36.6 Å². The smallest absolute Gasteiger partial charge is 0.230 e. The van der Waals surface area contributed by atoms with Crippen molar-refractivity contribution < 1.29 is 18.6 Å². The topological polar surface area (TPSA) is 69.9 Å². The number of aryl methyl sites for hydroxylation is 1. The van der Waals surface area contributed by atoms with Gasteiger partial charge in [-0.1, -0.05) is 6.08 Å². The molecule has 0 amide bonds. The third-order valence-corrected chi connectivity index (χ3v) is 4.26. The summed E-state index contributed by atoms with van der Waals surface area (Å²) >= 11 is 0. The van der Waals surface area contributed by atoms with Gasteiger partial charge < -0.3 is 18.6 Å². The van der Waals surface area contributed by atoms with Gasteiger partial charge >= 0.3 is 0 Å². The molecule has 0 bridgehead atoms. The highest BCUT2D eigenvalue weighted by atomic mass is 16.5. The number of aromatic nitrogens is 2. The van der Waals surface area contributed by atoms with E-state index in [0.29, 0.717) is 24.1 Å². The number of methoxy groups -OCH3 is 3. The minimum absolute atomic E-state index is 0.593. The summed E-state index contributed by atoms with van der Waals surface area (Å²) in [6.45, 7) is 4.15. The fraction of sp³-hybridized carbons (Fsp3) is 0.444. The summed E-state index contributed by atoms with van der Waals surface area (Å²) in [6, 6.07) is 3.76. The molecule has 1 aliphatic heterocycles. The summed E-state index contributed by atoms with van der Waals surface area (Å²) in [7, 11) is 4.95. The molecule has 1 aliphatic rings. The van der Waals surface area contributed by atoms with Crippen molar-refractivity contribution in [3.05, 3.63) is 35.6 Å². The van der Waals surface area contributed by atoms with Gasteiger partial charge in [-0.3, -0.25) is 4.90 Å². The molecule has 1 aromatic carbocycles. The van der Waals surface area contributed by atoms with Crippen molar-refractivity contribution in [2.24, 2.45) is 0 Å². The number of benzene rings is 1. The van der Waals surface area contributed by atoms with Crippen molar-refractivity contribution in [1.29, 1.82) is 0 Å². The van der Waals surface area contributed by atoms with Crippen LogP contribution in [0.15, 0.2) is 22.6 Å². The molecule has 2 heterocycles. The summed E-state index contributed by atoms with van der Waals surface area (Å²) in [5.74, 6) is 3.46. The van der Waals surface area contributed by atoms with Crippen LogP contribution >= 0.6 is 0 Å². The largest absolute Gasteiger partial charge is 0.496 e. The molecule has 0 atom stereocenters. The van der Waals surface area contributed by atoms with E-state index >= 15 is 0 Å². The van der Waals surface area contributed by atoms with E-state index in [9.17, 15) is 0 Å². The fourth-order valence-corrected chi connectivity index (χ4v) is 3.00. The minimum Gasteiger partial charge on any atom is -0.496 e. The molecular weight excluding hydrogens is 322 g/mol. The summed E-state index contributed by atoms with van der Waals surface area (Å²) in [5, 5.41) is 7.93. The Morgan fingerprint density at radius 2 is 1.80 bits per heavy atom. The van der Waals surface area contributed by atoms with Gasteiger partial charge in [0.15, 0.2) is 0 Å². The zero-order chi connectivity index (χ0) is 17.8. The lowest BCUT2D eigenvalue weighted by Crippen LogP contribution is -2.28. The van der Waals surface area contributed by atoms with Crippen molar-refractivity contribution in [3.63, 3.8) is 0 Å². The maximum absolute atomic E-state index is 5.56. The zero-order valence-corrected chi connectivity index (χ0v) is 15.0. The Kier molecular flexibility index (Phi) is 5.23. The monoisotopic (exact) mass is 345 g/mol. The molecule has 0 aliphatic carbocycles. The van der Waals surface area contributed by atoms with Gasteiger partial charge in [0.1, 0.15) is 17.2 Å². The van der Waals surface area contributed by atoms with Crippen LogP contribution in [-0.4, -0.2) is 49.5 Å². The molecule has 0 spiro atoms. The first-order valence-corrected chi connectivity index (χ1v) is 8.15. The lowest BCUT2D eigenvalue weighted by Gasteiger charge is -2.26. The van der Waals surface area contributed by atoms with Crippen molar-refractivity contribution in [2.45, 2.75) is 19.9 Å². The second kappa shape index (κ2) is 7.57. The molecule has 0 fully saturated rings. The van der Waals surface area contributed by atoms with Crippen molar-refractivity contribution in [1.82, 2.24) is 15.1 Å². The average molecular weight is 345 g/mol. The van der Waals surface area contributed by atoms with Gasteiger partial charge in [-0.25, -0.2) is 0 Å². The second-order valence-electron chi connectivity index (χ2n) is 5.84. The summed E-state index contributed by atoms with van der Waals surface area (Å²) in [5.41, 5.74) is 2.19. The predicted molar refractivity (Wildman–Crippen MR) is 93.0 cm³/mol. The predicted octanol–water partition coefficient (Wildman–Crippen LogP) is 2.69. The Labute approximate surface area is 147 Å². The number of hydrogen-bond donors (Lipinski definition) is 0. The highest BCUT2D eigenvalue weighted by Gasteiger charge is 2.21. The molecule has 134 valence electrons. The first kappa shape index (κ1) is 17.3. The molecule has 0 unspecified atom stereocenters. The summed E-state index contributed by atoms with van der Waals surface area (Å²) < 4.78 is 21.9. The van der Waals surface area contributed by atoms with Gasteiger partial charge in [0.2, 0.25) is 11.8 Å². The Balaban J connectivity index is 1.81. The van der Waals surface area contributed by atoms with Gasteiger partial charge in [-0.2, -0.15) is 0 Å². The molecule has 1 aromatic heterocycles. The van der Waals surface area contributed by atoms with Crippen LogP contribution in [0.4, 0.5) is 0 Å². The molecule has 2 aromatic rings. The number of rotatable bonds is 6. The maximum Gasteiger partial charge on any atom is 0.230 e. The standard InChI is InChI=1S/C18H23N3O4/c1-12-19-20-17(25-12)11-21-7-5-13(6-8-21)18-15(23-3)9-14(22-2)10-16(18)24-4/h5,9-10H,6-8,11H2,1-4H3. The SMILES string of the molecule is COc1cc(OC)c(C2=CCN(Cc3nnc(C)o3)CC2)c(OC)c1. The van der Waals surface area contributed by atoms with Crippen LogP contribution in [-0.2, 0) is 6.54 Å². The van der Waals surface area contributed by atoms with Crippen LogP contribution in [0.25, 0.3) is 5.57 Å². The van der Waals surface area contributed by atoms with Gasteiger partial charge in [0.25, 0.3) is 0 Å². The number of ether oxygens (including phenoxy) is 3. The normalized spacial score (nSPS) is 15.0. The van der Waals surface area contributed by atoms with Gasteiger partial charge in [0, 0.05) is 32.1 Å². The van der Waals surface area contributed by atoms with E-state index in [2.05, 4.69) is 21.2 Å². The summed E-state index contributed by atoms with van der Waals surface area (Å²) in [6.07, 6.45) is 3.08. The third-order valence-electron chi connectivity index (χ3n) is 4.26. The lowest BCUT2D eigenvalue weighted by molar-refractivity contribution is 0.259. The van der Waals surface area contributed by atoms with Crippen molar-refractivity contribution >= 4 is 5.57 Å². The maximum atomic E-state index is 5.56. The van der Waals surface area contributed by atoms with E-state index in [1.54, 1.807) is 28.3 Å². The molecule has 25 heavy (non-hydrogen) atoms. The molecule has 0 N–H and O–H groups in total. The minimum atomic E-state index is 0.593. The van der Waals surface area contributed by atoms with Crippen LogP contribution < -0.4 is 14.2 Å². The molecular formula is C18H23N3O4. The third kappa shape index (κ3) is 3.76. The van der Waals surface area contributed by atoms with E-state index in [1.165, 1.54) is 5.57 Å². The zero-order valence-electron chi connectivity index (χ0n) is 15.0. The molecule has 7 nitrogen and oxygen atoms in total. The lowest BCUT2D eigenvalue weighted by atomic mass is 9.97. The van der Waals surface area contributed by atoms with Gasteiger partial charge in [0.05, 0.1) is 33.4 Å². The molecule has 3 rings (SSSR count). The van der Waals surface area contributed by atoms with Crippen molar-refractivity contribution in [2.75, 3.05) is 34.4 Å². The molecule has 0 saturated carbocycles. The van der Waals surface area contributed by atoms with Crippen LogP contribution in [0.2, 0.25) is 0 Å². The van der Waals surface area contributed by atoms with Crippen LogP contribution in [0.3, 0.4) is 0 Å². The first-order valence-electron chi connectivity index (χ1n) is 8.15. The number of nitrogens with zero attached hydrogens (tertiary/aromatic N) is 3. The Bertz CT molecular complexity index is 744. The van der Waals surface area contributed by atoms with Gasteiger partial charge in [-0.15, -0.1) is 10.2 Å². The Morgan fingerprint density at radius 1 is 1.08 bits per heavy atom. The highest BCUT2D eigenvalue weighted by Crippen LogP contribution is 2.40. The van der Waals surface area contributed by atoms with Crippen LogP contribution in [0.1, 0.15) is 23.8 Å². The first-order chi connectivity index (χ1) is 12.1. The summed E-state index contributed by atoms with van der Waals surface area (Å²) in [4.78, 5) is 2.26. The van der Waals surface area contributed by atoms with E-state index in [1.807, 2.05) is 12.1 Å². The molecule has 7 heteroatoms. The average Bonchev–Trinajstić information content (AvgIpc) is 3.06. The van der Waals surface area contributed by atoms with Gasteiger partial charge in [-0.05, 0) is 12.0 Å². The quantitative estimate of drug-likeness (QED) is 0.797. The molecule has 0 saturated heterocycles.